The lowest BCUT2D eigenvalue weighted by atomic mass is 10.1. The minimum Gasteiger partial charge on any atom is -0.439 e. The zero-order valence-corrected chi connectivity index (χ0v) is 16.3. The Bertz CT molecular complexity index is 1150. The third kappa shape index (κ3) is 5.19. The number of alkyl halides is 3. The first kappa shape index (κ1) is 20.4. The topological polar surface area (TPSA) is 47.0 Å². The molecule has 0 radical (unpaired) electrons. The summed E-state index contributed by atoms with van der Waals surface area (Å²) in [5, 5.41) is 2.90. The van der Waals surface area contributed by atoms with Crippen molar-refractivity contribution in [3.8, 4) is 22.8 Å². The molecule has 0 amide bonds. The second-order valence-electron chi connectivity index (χ2n) is 6.74. The van der Waals surface area contributed by atoms with E-state index in [4.69, 9.17) is 4.74 Å². The number of nitrogens with one attached hydrogen (secondary N) is 1. The van der Waals surface area contributed by atoms with Crippen molar-refractivity contribution in [2.24, 2.45) is 0 Å². The molecule has 0 atom stereocenters. The predicted molar refractivity (Wildman–Crippen MR) is 113 cm³/mol. The lowest BCUT2D eigenvalue weighted by Crippen LogP contribution is -2.12. The Kier molecular flexibility index (Phi) is 5.84. The van der Waals surface area contributed by atoms with Gasteiger partial charge < -0.3 is 10.1 Å². The van der Waals surface area contributed by atoms with Gasteiger partial charge in [-0.25, -0.2) is 9.97 Å². The van der Waals surface area contributed by atoms with Crippen molar-refractivity contribution in [1.82, 2.24) is 9.97 Å². The monoisotopic (exact) mass is 421 g/mol. The molecular formula is C24H18F3N3O. The van der Waals surface area contributed by atoms with Crippen molar-refractivity contribution in [3.63, 3.8) is 0 Å². The molecule has 0 spiro atoms. The van der Waals surface area contributed by atoms with Crippen LogP contribution >= 0.6 is 0 Å². The smallest absolute Gasteiger partial charge is 0.416 e. The molecule has 0 saturated heterocycles. The summed E-state index contributed by atoms with van der Waals surface area (Å²) in [5.74, 6) is 1.24. The number of halogens is 3. The van der Waals surface area contributed by atoms with E-state index in [1.54, 1.807) is 12.1 Å². The molecule has 0 bridgehead atoms. The molecule has 4 nitrogen and oxygen atoms in total. The molecule has 7 heteroatoms. The number of ether oxygens (including phenoxy) is 1. The Morgan fingerprint density at radius 3 is 2.19 bits per heavy atom. The molecule has 4 rings (SSSR count). The van der Waals surface area contributed by atoms with E-state index in [1.807, 2.05) is 54.6 Å². The van der Waals surface area contributed by atoms with Crippen LogP contribution in [0.3, 0.4) is 0 Å². The van der Waals surface area contributed by atoms with Gasteiger partial charge in [0.2, 0.25) is 5.88 Å². The Labute approximate surface area is 177 Å². The van der Waals surface area contributed by atoms with Crippen molar-refractivity contribution in [2.45, 2.75) is 12.7 Å². The van der Waals surface area contributed by atoms with E-state index in [2.05, 4.69) is 15.3 Å². The molecule has 0 aliphatic rings. The Balaban J connectivity index is 1.44. The van der Waals surface area contributed by atoms with E-state index >= 15 is 0 Å². The van der Waals surface area contributed by atoms with Crippen molar-refractivity contribution in [3.05, 3.63) is 102 Å². The van der Waals surface area contributed by atoms with Crippen LogP contribution in [0.15, 0.2) is 91.3 Å². The van der Waals surface area contributed by atoms with Crippen LogP contribution in [0, 0.1) is 0 Å². The van der Waals surface area contributed by atoms with Crippen molar-refractivity contribution < 1.29 is 17.9 Å². The van der Waals surface area contributed by atoms with Gasteiger partial charge in [-0.1, -0.05) is 60.7 Å². The molecule has 0 saturated carbocycles. The van der Waals surface area contributed by atoms with Gasteiger partial charge in [0.15, 0.2) is 0 Å². The zero-order chi connectivity index (χ0) is 21.7. The highest BCUT2D eigenvalue weighted by Crippen LogP contribution is 2.32. The van der Waals surface area contributed by atoms with Crippen LogP contribution in [-0.4, -0.2) is 9.97 Å². The fraction of sp³-hybridized carbons (Fsp3) is 0.0833. The average Bonchev–Trinajstić information content (AvgIpc) is 2.79. The normalized spacial score (nSPS) is 11.2. The number of benzene rings is 3. The highest BCUT2D eigenvalue weighted by molar-refractivity contribution is 5.64. The van der Waals surface area contributed by atoms with E-state index in [-0.39, 0.29) is 18.0 Å². The molecule has 156 valence electrons. The summed E-state index contributed by atoms with van der Waals surface area (Å²) < 4.78 is 45.2. The average molecular weight is 421 g/mol. The number of hydrogen-bond donors (Lipinski definition) is 1. The van der Waals surface area contributed by atoms with Gasteiger partial charge in [0.05, 0.1) is 5.56 Å². The quantitative estimate of drug-likeness (QED) is 0.383. The summed E-state index contributed by atoms with van der Waals surface area (Å²) in [4.78, 5) is 8.13. The van der Waals surface area contributed by atoms with Gasteiger partial charge in [-0.2, -0.15) is 13.2 Å². The second kappa shape index (κ2) is 8.87. The highest BCUT2D eigenvalue weighted by Gasteiger charge is 2.32. The van der Waals surface area contributed by atoms with Gasteiger partial charge in [-0.05, 0) is 34.9 Å². The fourth-order valence-corrected chi connectivity index (χ4v) is 3.10. The largest absolute Gasteiger partial charge is 0.439 e. The maximum atomic E-state index is 13.1. The number of nitrogens with zero attached hydrogens (tertiary/aromatic N) is 2. The molecule has 1 N–H and O–H groups in total. The van der Waals surface area contributed by atoms with Crippen LogP contribution in [0.1, 0.15) is 11.1 Å². The molecule has 0 aliphatic heterocycles. The summed E-state index contributed by atoms with van der Waals surface area (Å²) in [6, 6.07) is 24.5. The Morgan fingerprint density at radius 1 is 0.774 bits per heavy atom. The number of anilines is 1. The maximum Gasteiger partial charge on any atom is 0.416 e. The van der Waals surface area contributed by atoms with Crippen molar-refractivity contribution in [1.29, 1.82) is 0 Å². The van der Waals surface area contributed by atoms with E-state index in [0.717, 1.165) is 17.2 Å². The summed E-state index contributed by atoms with van der Waals surface area (Å²) >= 11 is 0. The SMILES string of the molecule is FC(F)(F)c1ccccc1CNc1cc(Oc2ccc(-c3ccccc3)cc2)ncn1. The fourth-order valence-electron chi connectivity index (χ4n) is 3.10. The molecule has 0 unspecified atom stereocenters. The lowest BCUT2D eigenvalue weighted by Gasteiger charge is -2.13. The first-order chi connectivity index (χ1) is 15.0. The third-order valence-corrected chi connectivity index (χ3v) is 4.61. The predicted octanol–water partition coefficient (Wildman–Crippen LogP) is 6.57. The summed E-state index contributed by atoms with van der Waals surface area (Å²) in [5.41, 5.74) is 1.61. The number of aromatic nitrogens is 2. The van der Waals surface area contributed by atoms with Gasteiger partial charge in [-0.15, -0.1) is 0 Å². The molecule has 1 aromatic heterocycles. The van der Waals surface area contributed by atoms with E-state index in [0.29, 0.717) is 11.6 Å². The highest BCUT2D eigenvalue weighted by atomic mass is 19.4. The Hall–Kier alpha value is -3.87. The molecule has 31 heavy (non-hydrogen) atoms. The van der Waals surface area contributed by atoms with Crippen LogP contribution in [0.5, 0.6) is 11.6 Å². The van der Waals surface area contributed by atoms with E-state index in [9.17, 15) is 13.2 Å². The van der Waals surface area contributed by atoms with Crippen LogP contribution in [0.2, 0.25) is 0 Å². The van der Waals surface area contributed by atoms with Gasteiger partial charge in [0.25, 0.3) is 0 Å². The molecule has 0 fully saturated rings. The zero-order valence-electron chi connectivity index (χ0n) is 16.3. The van der Waals surface area contributed by atoms with Crippen LogP contribution in [0.25, 0.3) is 11.1 Å². The molecule has 1 heterocycles. The van der Waals surface area contributed by atoms with E-state index in [1.165, 1.54) is 18.5 Å². The van der Waals surface area contributed by atoms with E-state index < -0.39 is 11.7 Å². The molecule has 3 aromatic carbocycles. The first-order valence-electron chi connectivity index (χ1n) is 9.53. The van der Waals surface area contributed by atoms with Crippen molar-refractivity contribution in [2.75, 3.05) is 5.32 Å². The summed E-state index contributed by atoms with van der Waals surface area (Å²) in [6.07, 6.45) is -3.12. The minimum atomic E-state index is -4.41. The second-order valence-corrected chi connectivity index (χ2v) is 6.74. The summed E-state index contributed by atoms with van der Waals surface area (Å²) in [7, 11) is 0. The Morgan fingerprint density at radius 2 is 1.45 bits per heavy atom. The maximum absolute atomic E-state index is 13.1. The van der Waals surface area contributed by atoms with Gasteiger partial charge in [0, 0.05) is 12.6 Å². The standard InChI is InChI=1S/C24H18F3N3O/c25-24(26,27)21-9-5-4-8-19(21)15-28-22-14-23(30-16-29-22)31-20-12-10-18(11-13-20)17-6-2-1-3-7-17/h1-14,16H,15H2,(H,28,29,30). The van der Waals surface area contributed by atoms with Gasteiger partial charge >= 0.3 is 6.18 Å². The number of hydrogen-bond acceptors (Lipinski definition) is 4. The third-order valence-electron chi connectivity index (χ3n) is 4.61. The minimum absolute atomic E-state index is 0.0299. The van der Waals surface area contributed by atoms with Gasteiger partial charge in [0.1, 0.15) is 17.9 Å². The van der Waals surface area contributed by atoms with Crippen LogP contribution in [-0.2, 0) is 12.7 Å². The number of rotatable bonds is 6. The van der Waals surface area contributed by atoms with Gasteiger partial charge in [-0.3, -0.25) is 0 Å². The summed E-state index contributed by atoms with van der Waals surface area (Å²) in [6.45, 7) is -0.0299. The molecule has 4 aromatic rings. The van der Waals surface area contributed by atoms with Crippen LogP contribution < -0.4 is 10.1 Å². The molecular weight excluding hydrogens is 403 g/mol. The van der Waals surface area contributed by atoms with Crippen molar-refractivity contribution >= 4 is 5.82 Å². The molecule has 0 aliphatic carbocycles. The lowest BCUT2D eigenvalue weighted by molar-refractivity contribution is -0.138. The van der Waals surface area contributed by atoms with Crippen LogP contribution in [0.4, 0.5) is 19.0 Å². The first-order valence-corrected chi connectivity index (χ1v) is 9.53.